The lowest BCUT2D eigenvalue weighted by molar-refractivity contribution is -0.137. The van der Waals surface area contributed by atoms with Crippen LogP contribution in [0.15, 0.2) is 47.5 Å². The van der Waals surface area contributed by atoms with E-state index in [9.17, 15) is 4.79 Å². The zero-order chi connectivity index (χ0) is 19.5. The number of para-hydroxylation sites is 2. The number of piperazine rings is 1. The highest BCUT2D eigenvalue weighted by atomic mass is 35.5. The molecule has 0 unspecified atom stereocenters. The van der Waals surface area contributed by atoms with Crippen LogP contribution in [0.2, 0.25) is 5.02 Å². The Morgan fingerprint density at radius 1 is 1.11 bits per heavy atom. The predicted octanol–water partition coefficient (Wildman–Crippen LogP) is 4.01. The number of carbonyl (C=O) groups is 1. The summed E-state index contributed by atoms with van der Waals surface area (Å²) in [5.74, 6) is 1.61. The van der Waals surface area contributed by atoms with Crippen molar-refractivity contribution in [3.63, 3.8) is 0 Å². The SMILES string of the molecule is O=C(O)CCCN1CCN(C2=Nc3ccccc3Oc3ccc(Cl)cc32)CC1. The number of hydrogen-bond donors (Lipinski definition) is 1. The van der Waals surface area contributed by atoms with Crippen LogP contribution in [0.3, 0.4) is 0 Å². The Hall–Kier alpha value is -2.57. The Bertz CT molecular complexity index is 908. The van der Waals surface area contributed by atoms with Crippen molar-refractivity contribution in [2.45, 2.75) is 12.8 Å². The highest BCUT2D eigenvalue weighted by Gasteiger charge is 2.26. The Morgan fingerprint density at radius 3 is 2.68 bits per heavy atom. The van der Waals surface area contributed by atoms with Gasteiger partial charge in [0.1, 0.15) is 17.3 Å². The first-order valence-electron chi connectivity index (χ1n) is 9.45. The molecular formula is C21H22ClN3O3. The predicted molar refractivity (Wildman–Crippen MR) is 109 cm³/mol. The normalized spacial score (nSPS) is 16.5. The summed E-state index contributed by atoms with van der Waals surface area (Å²) in [6.07, 6.45) is 0.892. The Morgan fingerprint density at radius 2 is 1.89 bits per heavy atom. The second kappa shape index (κ2) is 8.20. The van der Waals surface area contributed by atoms with E-state index in [2.05, 4.69) is 9.80 Å². The van der Waals surface area contributed by atoms with Crippen LogP contribution >= 0.6 is 11.6 Å². The van der Waals surface area contributed by atoms with Crippen LogP contribution in [-0.4, -0.2) is 59.4 Å². The summed E-state index contributed by atoms with van der Waals surface area (Å²) in [6.45, 7) is 4.19. The van der Waals surface area contributed by atoms with Gasteiger partial charge < -0.3 is 14.7 Å². The average Bonchev–Trinajstić information content (AvgIpc) is 2.85. The molecule has 2 aliphatic rings. The number of aliphatic imine (C=N–C) groups is 1. The zero-order valence-electron chi connectivity index (χ0n) is 15.5. The van der Waals surface area contributed by atoms with Crippen molar-refractivity contribution in [3.05, 3.63) is 53.1 Å². The molecule has 6 nitrogen and oxygen atoms in total. The van der Waals surface area contributed by atoms with Gasteiger partial charge in [-0.3, -0.25) is 9.69 Å². The maximum atomic E-state index is 10.7. The fourth-order valence-electron chi connectivity index (χ4n) is 3.57. The molecule has 2 aliphatic heterocycles. The summed E-state index contributed by atoms with van der Waals surface area (Å²) in [5, 5.41) is 9.46. The topological polar surface area (TPSA) is 65.4 Å². The third-order valence-corrected chi connectivity index (χ3v) is 5.27. The molecule has 2 heterocycles. The second-order valence-corrected chi connectivity index (χ2v) is 7.41. The second-order valence-electron chi connectivity index (χ2n) is 6.97. The summed E-state index contributed by atoms with van der Waals surface area (Å²) in [7, 11) is 0. The van der Waals surface area contributed by atoms with Crippen LogP contribution in [0.25, 0.3) is 0 Å². The number of carboxylic acid groups (broad SMARTS) is 1. The number of nitrogens with zero attached hydrogens (tertiary/aromatic N) is 3. The molecule has 0 saturated carbocycles. The van der Waals surface area contributed by atoms with Crippen LogP contribution in [-0.2, 0) is 4.79 Å². The van der Waals surface area contributed by atoms with E-state index in [1.54, 1.807) is 0 Å². The molecule has 2 aromatic carbocycles. The molecule has 7 heteroatoms. The van der Waals surface area contributed by atoms with E-state index in [-0.39, 0.29) is 6.42 Å². The van der Waals surface area contributed by atoms with Gasteiger partial charge in [-0.25, -0.2) is 4.99 Å². The third-order valence-electron chi connectivity index (χ3n) is 5.03. The fraction of sp³-hybridized carbons (Fsp3) is 0.333. The van der Waals surface area contributed by atoms with Gasteiger partial charge in [0.05, 0.1) is 5.56 Å². The van der Waals surface area contributed by atoms with Gasteiger partial charge in [0.25, 0.3) is 0 Å². The minimum atomic E-state index is -0.737. The molecule has 0 spiro atoms. The van der Waals surface area contributed by atoms with Crippen molar-refractivity contribution in [3.8, 4) is 11.5 Å². The minimum absolute atomic E-state index is 0.215. The maximum Gasteiger partial charge on any atom is 0.303 e. The summed E-state index contributed by atoms with van der Waals surface area (Å²) in [4.78, 5) is 20.2. The number of halogens is 1. The van der Waals surface area contributed by atoms with E-state index in [0.717, 1.165) is 61.3 Å². The van der Waals surface area contributed by atoms with Crippen LogP contribution in [0, 0.1) is 0 Å². The quantitative estimate of drug-likeness (QED) is 0.841. The Labute approximate surface area is 169 Å². The van der Waals surface area contributed by atoms with E-state index in [1.165, 1.54) is 0 Å². The van der Waals surface area contributed by atoms with Crippen LogP contribution in [0.4, 0.5) is 5.69 Å². The lowest BCUT2D eigenvalue weighted by Crippen LogP contribution is -2.49. The minimum Gasteiger partial charge on any atom is -0.481 e. The molecule has 1 N–H and O–H groups in total. The molecule has 0 bridgehead atoms. The monoisotopic (exact) mass is 399 g/mol. The van der Waals surface area contributed by atoms with Gasteiger partial charge in [0, 0.05) is 37.6 Å². The number of hydrogen-bond acceptors (Lipinski definition) is 5. The molecule has 0 atom stereocenters. The van der Waals surface area contributed by atoms with Gasteiger partial charge in [-0.2, -0.15) is 0 Å². The average molecular weight is 400 g/mol. The van der Waals surface area contributed by atoms with Crippen molar-refractivity contribution < 1.29 is 14.6 Å². The highest BCUT2D eigenvalue weighted by Crippen LogP contribution is 2.38. The zero-order valence-corrected chi connectivity index (χ0v) is 16.2. The van der Waals surface area contributed by atoms with E-state index in [4.69, 9.17) is 26.4 Å². The number of carboxylic acids is 1. The Balaban J connectivity index is 1.56. The first kappa shape index (κ1) is 18.8. The lowest BCUT2D eigenvalue weighted by atomic mass is 10.1. The summed E-state index contributed by atoms with van der Waals surface area (Å²) in [5.41, 5.74) is 1.69. The van der Waals surface area contributed by atoms with Gasteiger partial charge in [-0.1, -0.05) is 23.7 Å². The summed E-state index contributed by atoms with van der Waals surface area (Å²) in [6, 6.07) is 13.4. The van der Waals surface area contributed by atoms with Crippen molar-refractivity contribution in [1.29, 1.82) is 0 Å². The van der Waals surface area contributed by atoms with Gasteiger partial charge in [0.2, 0.25) is 0 Å². The first-order chi connectivity index (χ1) is 13.6. The molecule has 0 radical (unpaired) electrons. The van der Waals surface area contributed by atoms with E-state index < -0.39 is 5.97 Å². The largest absolute Gasteiger partial charge is 0.481 e. The molecule has 28 heavy (non-hydrogen) atoms. The molecule has 146 valence electrons. The lowest BCUT2D eigenvalue weighted by Gasteiger charge is -2.36. The third kappa shape index (κ3) is 4.13. The van der Waals surface area contributed by atoms with Crippen molar-refractivity contribution in [2.75, 3.05) is 32.7 Å². The maximum absolute atomic E-state index is 10.7. The number of amidine groups is 1. The molecule has 0 aromatic heterocycles. The van der Waals surface area contributed by atoms with E-state index in [1.807, 2.05) is 42.5 Å². The number of rotatable bonds is 4. The van der Waals surface area contributed by atoms with Gasteiger partial charge in [0.15, 0.2) is 5.75 Å². The molecule has 1 fully saturated rings. The van der Waals surface area contributed by atoms with E-state index in [0.29, 0.717) is 11.4 Å². The van der Waals surface area contributed by atoms with Crippen LogP contribution in [0.1, 0.15) is 18.4 Å². The first-order valence-corrected chi connectivity index (χ1v) is 9.82. The highest BCUT2D eigenvalue weighted by molar-refractivity contribution is 6.31. The molecule has 0 amide bonds. The van der Waals surface area contributed by atoms with Crippen LogP contribution in [0.5, 0.6) is 11.5 Å². The summed E-state index contributed by atoms with van der Waals surface area (Å²) < 4.78 is 6.11. The van der Waals surface area contributed by atoms with Crippen molar-refractivity contribution in [2.24, 2.45) is 4.99 Å². The number of ether oxygens (including phenoxy) is 1. The number of fused-ring (bicyclic) bond motifs is 2. The fourth-order valence-corrected chi connectivity index (χ4v) is 3.74. The smallest absolute Gasteiger partial charge is 0.303 e. The van der Waals surface area contributed by atoms with Gasteiger partial charge >= 0.3 is 5.97 Å². The number of aliphatic carboxylic acids is 1. The van der Waals surface area contributed by atoms with Gasteiger partial charge in [-0.15, -0.1) is 0 Å². The standard InChI is InChI=1S/C21H22ClN3O3/c22-15-7-8-18-16(14-15)21(23-17-4-1-2-5-19(17)28-18)25-12-10-24(11-13-25)9-3-6-20(26)27/h1-2,4-5,7-8,14H,3,6,9-13H2,(H,26,27). The van der Waals surface area contributed by atoms with Gasteiger partial charge in [-0.05, 0) is 43.3 Å². The molecule has 0 aliphatic carbocycles. The molecule has 4 rings (SSSR count). The summed E-state index contributed by atoms with van der Waals surface area (Å²) >= 11 is 6.27. The number of benzene rings is 2. The molecular weight excluding hydrogens is 378 g/mol. The van der Waals surface area contributed by atoms with Crippen molar-refractivity contribution in [1.82, 2.24) is 9.80 Å². The Kier molecular flexibility index (Phi) is 5.50. The molecule has 2 aromatic rings. The van der Waals surface area contributed by atoms with Crippen LogP contribution < -0.4 is 4.74 Å². The molecule has 1 saturated heterocycles. The van der Waals surface area contributed by atoms with Crippen molar-refractivity contribution >= 4 is 29.1 Å². The van der Waals surface area contributed by atoms with E-state index >= 15 is 0 Å².